The van der Waals surface area contributed by atoms with Crippen LogP contribution < -0.4 is 5.32 Å². The Bertz CT molecular complexity index is 370. The zero-order valence-electron chi connectivity index (χ0n) is 12.1. The van der Waals surface area contributed by atoms with Crippen LogP contribution in [-0.4, -0.2) is 12.6 Å². The Kier molecular flexibility index (Phi) is 4.82. The second-order valence-electron chi connectivity index (χ2n) is 6.35. The first-order chi connectivity index (χ1) is 8.65. The molecule has 0 fully saturated rings. The van der Waals surface area contributed by atoms with Crippen molar-refractivity contribution in [2.24, 2.45) is 11.8 Å². The molecule has 0 saturated heterocycles. The Morgan fingerprint density at radius 1 is 1.17 bits per heavy atom. The van der Waals surface area contributed by atoms with Crippen molar-refractivity contribution >= 4 is 0 Å². The average molecular weight is 245 g/mol. The standard InChI is InChI=1S/C17H27N/c1-13(2)10-14(3)12-18-17-9-8-15-6-4-5-7-16(15)11-17/h4-7,13-14,17-18H,8-12H2,1-3H3. The van der Waals surface area contributed by atoms with E-state index in [9.17, 15) is 0 Å². The summed E-state index contributed by atoms with van der Waals surface area (Å²) in [5.74, 6) is 1.61. The van der Waals surface area contributed by atoms with E-state index in [4.69, 9.17) is 0 Å². The maximum Gasteiger partial charge on any atom is 0.0111 e. The van der Waals surface area contributed by atoms with Crippen molar-refractivity contribution in [2.75, 3.05) is 6.54 Å². The smallest absolute Gasteiger partial charge is 0.0111 e. The maximum atomic E-state index is 3.77. The number of nitrogens with one attached hydrogen (secondary N) is 1. The summed E-state index contributed by atoms with van der Waals surface area (Å²) >= 11 is 0. The van der Waals surface area contributed by atoms with E-state index in [0.717, 1.165) is 11.8 Å². The second-order valence-corrected chi connectivity index (χ2v) is 6.35. The molecule has 0 spiro atoms. The molecular weight excluding hydrogens is 218 g/mol. The molecule has 0 saturated carbocycles. The predicted molar refractivity (Wildman–Crippen MR) is 78.9 cm³/mol. The van der Waals surface area contributed by atoms with Gasteiger partial charge in [0.15, 0.2) is 0 Å². The van der Waals surface area contributed by atoms with Gasteiger partial charge >= 0.3 is 0 Å². The summed E-state index contributed by atoms with van der Waals surface area (Å²) in [6.45, 7) is 8.16. The third kappa shape index (κ3) is 3.84. The van der Waals surface area contributed by atoms with Gasteiger partial charge in [0.05, 0.1) is 0 Å². The maximum absolute atomic E-state index is 3.77. The van der Waals surface area contributed by atoms with Gasteiger partial charge in [-0.2, -0.15) is 0 Å². The van der Waals surface area contributed by atoms with E-state index in [1.54, 1.807) is 11.1 Å². The molecule has 0 aromatic heterocycles. The topological polar surface area (TPSA) is 12.0 Å². The van der Waals surface area contributed by atoms with Crippen LogP contribution in [0, 0.1) is 11.8 Å². The summed E-state index contributed by atoms with van der Waals surface area (Å²) in [7, 11) is 0. The lowest BCUT2D eigenvalue weighted by Crippen LogP contribution is -2.37. The van der Waals surface area contributed by atoms with Gasteiger partial charge in [-0.3, -0.25) is 0 Å². The minimum absolute atomic E-state index is 0.689. The van der Waals surface area contributed by atoms with Gasteiger partial charge in [-0.25, -0.2) is 0 Å². The average Bonchev–Trinajstić information content (AvgIpc) is 2.35. The highest BCUT2D eigenvalue weighted by Gasteiger charge is 2.18. The van der Waals surface area contributed by atoms with Gasteiger partial charge in [0.25, 0.3) is 0 Å². The molecule has 1 nitrogen and oxygen atoms in total. The molecule has 0 amide bonds. The highest BCUT2D eigenvalue weighted by atomic mass is 14.9. The van der Waals surface area contributed by atoms with Crippen LogP contribution in [0.1, 0.15) is 44.7 Å². The van der Waals surface area contributed by atoms with Crippen molar-refractivity contribution in [1.29, 1.82) is 0 Å². The van der Waals surface area contributed by atoms with E-state index in [-0.39, 0.29) is 0 Å². The minimum Gasteiger partial charge on any atom is -0.313 e. The highest BCUT2D eigenvalue weighted by Crippen LogP contribution is 2.21. The van der Waals surface area contributed by atoms with E-state index in [0.29, 0.717) is 6.04 Å². The van der Waals surface area contributed by atoms with Gasteiger partial charge in [0.1, 0.15) is 0 Å². The Labute approximate surface area is 112 Å². The van der Waals surface area contributed by atoms with E-state index >= 15 is 0 Å². The third-order valence-electron chi connectivity index (χ3n) is 3.98. The van der Waals surface area contributed by atoms with Crippen molar-refractivity contribution in [3.05, 3.63) is 35.4 Å². The molecule has 1 aliphatic carbocycles. The summed E-state index contributed by atoms with van der Waals surface area (Å²) in [6, 6.07) is 9.60. The van der Waals surface area contributed by atoms with Crippen LogP contribution in [0.4, 0.5) is 0 Å². The number of hydrogen-bond donors (Lipinski definition) is 1. The molecular formula is C17H27N. The molecule has 18 heavy (non-hydrogen) atoms. The van der Waals surface area contributed by atoms with Gasteiger partial charge in [-0.05, 0) is 55.2 Å². The summed E-state index contributed by atoms with van der Waals surface area (Å²) < 4.78 is 0. The largest absolute Gasteiger partial charge is 0.313 e. The number of hydrogen-bond acceptors (Lipinski definition) is 1. The van der Waals surface area contributed by atoms with Gasteiger partial charge in [0.2, 0.25) is 0 Å². The number of rotatable bonds is 5. The molecule has 1 aliphatic rings. The first kappa shape index (κ1) is 13.6. The lowest BCUT2D eigenvalue weighted by molar-refractivity contribution is 0.371. The van der Waals surface area contributed by atoms with E-state index in [1.807, 2.05) is 0 Å². The van der Waals surface area contributed by atoms with Crippen LogP contribution in [0.3, 0.4) is 0 Å². The first-order valence-electron chi connectivity index (χ1n) is 7.45. The van der Waals surface area contributed by atoms with Gasteiger partial charge < -0.3 is 5.32 Å². The fourth-order valence-corrected chi connectivity index (χ4v) is 3.13. The molecule has 1 aromatic rings. The number of aryl methyl sites for hydroxylation is 1. The summed E-state index contributed by atoms with van der Waals surface area (Å²) in [5.41, 5.74) is 3.11. The highest BCUT2D eigenvalue weighted by molar-refractivity contribution is 5.30. The van der Waals surface area contributed by atoms with Crippen LogP contribution in [-0.2, 0) is 12.8 Å². The van der Waals surface area contributed by atoms with E-state index in [1.165, 1.54) is 32.2 Å². The molecule has 0 heterocycles. The number of fused-ring (bicyclic) bond motifs is 1. The lowest BCUT2D eigenvalue weighted by Gasteiger charge is -2.27. The van der Waals surface area contributed by atoms with Crippen LogP contribution in [0.2, 0.25) is 0 Å². The normalized spacial score (nSPS) is 20.8. The van der Waals surface area contributed by atoms with Crippen LogP contribution in [0.5, 0.6) is 0 Å². The molecule has 1 N–H and O–H groups in total. The molecule has 2 rings (SSSR count). The minimum atomic E-state index is 0.689. The van der Waals surface area contributed by atoms with Crippen molar-refractivity contribution in [3.8, 4) is 0 Å². The molecule has 0 radical (unpaired) electrons. The molecule has 0 aliphatic heterocycles. The molecule has 1 heteroatoms. The molecule has 1 aromatic carbocycles. The number of benzene rings is 1. The van der Waals surface area contributed by atoms with Crippen molar-refractivity contribution < 1.29 is 0 Å². The van der Waals surface area contributed by atoms with Crippen LogP contribution in [0.15, 0.2) is 24.3 Å². The van der Waals surface area contributed by atoms with Gasteiger partial charge in [0, 0.05) is 6.04 Å². The third-order valence-corrected chi connectivity index (χ3v) is 3.98. The predicted octanol–water partition coefficient (Wildman–Crippen LogP) is 3.82. The molecule has 100 valence electrons. The van der Waals surface area contributed by atoms with Gasteiger partial charge in [-0.1, -0.05) is 45.0 Å². The van der Waals surface area contributed by atoms with Crippen LogP contribution in [0.25, 0.3) is 0 Å². The quantitative estimate of drug-likeness (QED) is 0.831. The Balaban J connectivity index is 1.79. The zero-order chi connectivity index (χ0) is 13.0. The summed E-state index contributed by atoms with van der Waals surface area (Å²) in [5, 5.41) is 3.77. The molecule has 0 bridgehead atoms. The monoisotopic (exact) mass is 245 g/mol. The Hall–Kier alpha value is -0.820. The van der Waals surface area contributed by atoms with Gasteiger partial charge in [-0.15, -0.1) is 0 Å². The van der Waals surface area contributed by atoms with Crippen molar-refractivity contribution in [1.82, 2.24) is 5.32 Å². The second kappa shape index (κ2) is 6.38. The van der Waals surface area contributed by atoms with E-state index < -0.39 is 0 Å². The first-order valence-corrected chi connectivity index (χ1v) is 7.45. The van der Waals surface area contributed by atoms with Crippen LogP contribution >= 0.6 is 0 Å². The van der Waals surface area contributed by atoms with Crippen molar-refractivity contribution in [3.63, 3.8) is 0 Å². The Morgan fingerprint density at radius 3 is 2.61 bits per heavy atom. The SMILES string of the molecule is CC(C)CC(C)CNC1CCc2ccccc2C1. The Morgan fingerprint density at radius 2 is 1.89 bits per heavy atom. The fraction of sp³-hybridized carbons (Fsp3) is 0.647. The van der Waals surface area contributed by atoms with E-state index in [2.05, 4.69) is 50.4 Å². The molecule has 2 atom stereocenters. The zero-order valence-corrected chi connectivity index (χ0v) is 12.1. The lowest BCUT2D eigenvalue weighted by atomic mass is 9.88. The summed E-state index contributed by atoms with van der Waals surface area (Å²) in [4.78, 5) is 0. The summed E-state index contributed by atoms with van der Waals surface area (Å²) in [6.07, 6.45) is 5.08. The molecule has 2 unspecified atom stereocenters. The van der Waals surface area contributed by atoms with Crippen molar-refractivity contribution in [2.45, 2.75) is 52.5 Å². The fourth-order valence-electron chi connectivity index (χ4n) is 3.13.